The van der Waals surface area contributed by atoms with Crippen LogP contribution in [0.3, 0.4) is 0 Å². The van der Waals surface area contributed by atoms with Crippen molar-refractivity contribution in [2.75, 3.05) is 37.7 Å². The Balaban J connectivity index is 1.72. The Morgan fingerprint density at radius 1 is 1.24 bits per heavy atom. The molecule has 0 atom stereocenters. The third-order valence-corrected chi connectivity index (χ3v) is 5.22. The second-order valence-electron chi connectivity index (χ2n) is 5.59. The first-order valence-corrected chi connectivity index (χ1v) is 8.55. The van der Waals surface area contributed by atoms with Crippen LogP contribution in [-0.2, 0) is 0 Å². The zero-order valence-electron chi connectivity index (χ0n) is 11.3. The van der Waals surface area contributed by atoms with Gasteiger partial charge in [-0.25, -0.2) is 0 Å². The van der Waals surface area contributed by atoms with Crippen LogP contribution in [0.4, 0.5) is 0 Å². The molecular weight excluding hydrogens is 228 g/mol. The first-order valence-electron chi connectivity index (χ1n) is 7.40. The van der Waals surface area contributed by atoms with Crippen LogP contribution in [0.5, 0.6) is 0 Å². The Kier molecular flexibility index (Phi) is 5.64. The Labute approximate surface area is 111 Å². The number of hydrogen-bond donors (Lipinski definition) is 1. The van der Waals surface area contributed by atoms with E-state index in [2.05, 4.69) is 28.9 Å². The van der Waals surface area contributed by atoms with Gasteiger partial charge in [0.05, 0.1) is 0 Å². The Bertz CT molecular complexity index is 209. The molecule has 1 aliphatic heterocycles. The minimum atomic E-state index is 0.494. The SMILES string of the molecule is CCSCCCN1CCNC2(CCCCC2)C1. The lowest BCUT2D eigenvalue weighted by Crippen LogP contribution is -2.61. The summed E-state index contributed by atoms with van der Waals surface area (Å²) < 4.78 is 0. The van der Waals surface area contributed by atoms with Crippen LogP contribution in [0.15, 0.2) is 0 Å². The predicted octanol–water partition coefficient (Wildman–Crippen LogP) is 2.74. The molecule has 3 heteroatoms. The molecule has 0 aromatic heterocycles. The summed E-state index contributed by atoms with van der Waals surface area (Å²) in [4.78, 5) is 2.71. The number of piperazine rings is 1. The molecule has 0 radical (unpaired) electrons. The van der Waals surface area contributed by atoms with Crippen molar-refractivity contribution in [2.24, 2.45) is 0 Å². The average molecular weight is 256 g/mol. The van der Waals surface area contributed by atoms with Crippen molar-refractivity contribution in [1.29, 1.82) is 0 Å². The molecule has 1 heterocycles. The second-order valence-corrected chi connectivity index (χ2v) is 6.99. The number of hydrogen-bond acceptors (Lipinski definition) is 3. The molecule has 2 nitrogen and oxygen atoms in total. The summed E-state index contributed by atoms with van der Waals surface area (Å²) in [5.41, 5.74) is 0.494. The van der Waals surface area contributed by atoms with E-state index in [1.165, 1.54) is 76.2 Å². The number of thioether (sulfide) groups is 1. The highest BCUT2D eigenvalue weighted by Gasteiger charge is 2.35. The van der Waals surface area contributed by atoms with Crippen LogP contribution < -0.4 is 5.32 Å². The maximum Gasteiger partial charge on any atom is 0.0309 e. The number of rotatable bonds is 5. The standard InChI is InChI=1S/C14H28N2S/c1-2-17-12-6-10-16-11-9-15-14(13-16)7-4-3-5-8-14/h15H,2-13H2,1H3. The zero-order valence-corrected chi connectivity index (χ0v) is 12.2. The van der Waals surface area contributed by atoms with E-state index in [9.17, 15) is 0 Å². The summed E-state index contributed by atoms with van der Waals surface area (Å²) in [6.07, 6.45) is 8.52. The fourth-order valence-electron chi connectivity index (χ4n) is 3.33. The van der Waals surface area contributed by atoms with Gasteiger partial charge in [-0.2, -0.15) is 11.8 Å². The Hall–Kier alpha value is 0.270. The average Bonchev–Trinajstić information content (AvgIpc) is 2.36. The monoisotopic (exact) mass is 256 g/mol. The van der Waals surface area contributed by atoms with Gasteiger partial charge in [0.1, 0.15) is 0 Å². The quantitative estimate of drug-likeness (QED) is 0.762. The largest absolute Gasteiger partial charge is 0.309 e. The molecule has 1 saturated heterocycles. The van der Waals surface area contributed by atoms with Crippen molar-refractivity contribution >= 4 is 11.8 Å². The third kappa shape index (κ3) is 4.15. The van der Waals surface area contributed by atoms with Gasteiger partial charge in [0.15, 0.2) is 0 Å². The van der Waals surface area contributed by atoms with Gasteiger partial charge in [-0.3, -0.25) is 0 Å². The minimum Gasteiger partial charge on any atom is -0.309 e. The molecule has 1 N–H and O–H groups in total. The molecule has 2 fully saturated rings. The van der Waals surface area contributed by atoms with Crippen molar-refractivity contribution in [3.05, 3.63) is 0 Å². The summed E-state index contributed by atoms with van der Waals surface area (Å²) >= 11 is 2.08. The van der Waals surface area contributed by atoms with Gasteiger partial charge in [0.25, 0.3) is 0 Å². The van der Waals surface area contributed by atoms with E-state index in [4.69, 9.17) is 0 Å². The number of nitrogens with one attached hydrogen (secondary N) is 1. The van der Waals surface area contributed by atoms with E-state index < -0.39 is 0 Å². The van der Waals surface area contributed by atoms with Gasteiger partial charge in [-0.1, -0.05) is 26.2 Å². The van der Waals surface area contributed by atoms with E-state index >= 15 is 0 Å². The fraction of sp³-hybridized carbons (Fsp3) is 1.00. The highest BCUT2D eigenvalue weighted by molar-refractivity contribution is 7.99. The van der Waals surface area contributed by atoms with E-state index in [1.54, 1.807) is 0 Å². The van der Waals surface area contributed by atoms with Gasteiger partial charge < -0.3 is 10.2 Å². The van der Waals surface area contributed by atoms with Gasteiger partial charge in [-0.15, -0.1) is 0 Å². The number of nitrogens with zero attached hydrogens (tertiary/aromatic N) is 1. The molecule has 0 unspecified atom stereocenters. The molecule has 0 aromatic rings. The van der Waals surface area contributed by atoms with Crippen LogP contribution in [0.2, 0.25) is 0 Å². The molecule has 100 valence electrons. The predicted molar refractivity (Wildman–Crippen MR) is 77.9 cm³/mol. The Morgan fingerprint density at radius 3 is 2.82 bits per heavy atom. The van der Waals surface area contributed by atoms with Crippen LogP contribution in [0, 0.1) is 0 Å². The normalized spacial score (nSPS) is 25.2. The first-order chi connectivity index (χ1) is 8.35. The molecule has 1 spiro atoms. The van der Waals surface area contributed by atoms with Crippen molar-refractivity contribution in [3.63, 3.8) is 0 Å². The van der Waals surface area contributed by atoms with Crippen molar-refractivity contribution in [1.82, 2.24) is 10.2 Å². The summed E-state index contributed by atoms with van der Waals surface area (Å²) in [5.74, 6) is 2.61. The van der Waals surface area contributed by atoms with Crippen LogP contribution in [0.25, 0.3) is 0 Å². The van der Waals surface area contributed by atoms with Crippen LogP contribution in [0.1, 0.15) is 45.4 Å². The van der Waals surface area contributed by atoms with Crippen LogP contribution in [-0.4, -0.2) is 48.1 Å². The lowest BCUT2D eigenvalue weighted by Gasteiger charge is -2.46. The molecule has 0 amide bonds. The molecule has 0 bridgehead atoms. The van der Waals surface area contributed by atoms with Crippen molar-refractivity contribution in [3.8, 4) is 0 Å². The zero-order chi connectivity index (χ0) is 12.0. The summed E-state index contributed by atoms with van der Waals surface area (Å²) in [7, 11) is 0. The molecular formula is C14H28N2S. The van der Waals surface area contributed by atoms with Crippen molar-refractivity contribution in [2.45, 2.75) is 51.0 Å². The van der Waals surface area contributed by atoms with E-state index in [0.29, 0.717) is 5.54 Å². The molecule has 17 heavy (non-hydrogen) atoms. The molecule has 2 aliphatic rings. The van der Waals surface area contributed by atoms with Gasteiger partial charge in [0, 0.05) is 25.2 Å². The highest BCUT2D eigenvalue weighted by Crippen LogP contribution is 2.30. The highest BCUT2D eigenvalue weighted by atomic mass is 32.2. The maximum atomic E-state index is 3.82. The smallest absolute Gasteiger partial charge is 0.0309 e. The van der Waals surface area contributed by atoms with E-state index in [1.807, 2.05) is 0 Å². The summed E-state index contributed by atoms with van der Waals surface area (Å²) in [6.45, 7) is 7.35. The third-order valence-electron chi connectivity index (χ3n) is 4.23. The van der Waals surface area contributed by atoms with Gasteiger partial charge in [-0.05, 0) is 37.3 Å². The summed E-state index contributed by atoms with van der Waals surface area (Å²) in [6, 6.07) is 0. The van der Waals surface area contributed by atoms with E-state index in [0.717, 1.165) is 0 Å². The lowest BCUT2D eigenvalue weighted by atomic mass is 9.80. The minimum absolute atomic E-state index is 0.494. The van der Waals surface area contributed by atoms with E-state index in [-0.39, 0.29) is 0 Å². The lowest BCUT2D eigenvalue weighted by molar-refractivity contribution is 0.0998. The van der Waals surface area contributed by atoms with Crippen LogP contribution >= 0.6 is 11.8 Å². The Morgan fingerprint density at radius 2 is 2.06 bits per heavy atom. The summed E-state index contributed by atoms with van der Waals surface area (Å²) in [5, 5.41) is 3.82. The molecule has 2 rings (SSSR count). The topological polar surface area (TPSA) is 15.3 Å². The molecule has 1 aliphatic carbocycles. The second kappa shape index (κ2) is 7.01. The molecule has 0 aromatic carbocycles. The maximum absolute atomic E-state index is 3.82. The van der Waals surface area contributed by atoms with Gasteiger partial charge in [0.2, 0.25) is 0 Å². The first kappa shape index (κ1) is 13.7. The molecule has 1 saturated carbocycles. The van der Waals surface area contributed by atoms with Crippen molar-refractivity contribution < 1.29 is 0 Å². The fourth-order valence-corrected chi connectivity index (χ4v) is 3.95. The van der Waals surface area contributed by atoms with Gasteiger partial charge >= 0.3 is 0 Å².